The van der Waals surface area contributed by atoms with Crippen LogP contribution in [0.15, 0.2) is 30.3 Å². The number of pyridine rings is 1. The fourth-order valence-electron chi connectivity index (χ4n) is 1.55. The lowest BCUT2D eigenvalue weighted by molar-refractivity contribution is -0.137. The highest BCUT2D eigenvalue weighted by atomic mass is 35.5. The number of nitrogens with one attached hydrogen (secondary N) is 1. The maximum Gasteiger partial charge on any atom is 0.416 e. The first-order valence-corrected chi connectivity index (χ1v) is 5.89. The summed E-state index contributed by atoms with van der Waals surface area (Å²) < 4.78 is 51.6. The molecule has 2 rings (SSSR count). The summed E-state index contributed by atoms with van der Waals surface area (Å²) in [5.74, 6) is -1.04. The van der Waals surface area contributed by atoms with Crippen molar-refractivity contribution in [1.29, 1.82) is 5.26 Å². The monoisotopic (exact) mass is 315 g/mol. The van der Waals surface area contributed by atoms with Gasteiger partial charge in [-0.05, 0) is 30.3 Å². The van der Waals surface area contributed by atoms with E-state index in [1.54, 1.807) is 6.07 Å². The minimum absolute atomic E-state index is 0.0908. The van der Waals surface area contributed by atoms with Crippen LogP contribution in [-0.2, 0) is 6.18 Å². The van der Waals surface area contributed by atoms with Crippen LogP contribution in [0.1, 0.15) is 11.1 Å². The van der Waals surface area contributed by atoms with E-state index in [4.69, 9.17) is 16.9 Å². The minimum Gasteiger partial charge on any atom is -0.338 e. The van der Waals surface area contributed by atoms with Crippen molar-refractivity contribution in [3.63, 3.8) is 0 Å². The zero-order valence-corrected chi connectivity index (χ0v) is 10.9. The lowest BCUT2D eigenvalue weighted by Crippen LogP contribution is -2.07. The molecule has 0 fully saturated rings. The van der Waals surface area contributed by atoms with E-state index < -0.39 is 17.6 Å². The highest BCUT2D eigenvalue weighted by molar-refractivity contribution is 6.29. The molecule has 1 aromatic heterocycles. The summed E-state index contributed by atoms with van der Waals surface area (Å²) >= 11 is 5.52. The van der Waals surface area contributed by atoms with Crippen molar-refractivity contribution in [2.24, 2.45) is 0 Å². The van der Waals surface area contributed by atoms with Crippen molar-refractivity contribution in [3.05, 3.63) is 52.4 Å². The van der Waals surface area contributed by atoms with Gasteiger partial charge in [0.15, 0.2) is 0 Å². The first kappa shape index (κ1) is 15.1. The summed E-state index contributed by atoms with van der Waals surface area (Å²) in [5, 5.41) is 10.6. The van der Waals surface area contributed by atoms with E-state index in [1.165, 1.54) is 12.1 Å². The second kappa shape index (κ2) is 5.58. The number of benzene rings is 1. The van der Waals surface area contributed by atoms with Crippen molar-refractivity contribution < 1.29 is 17.6 Å². The summed E-state index contributed by atoms with van der Waals surface area (Å²) in [7, 11) is 0. The molecule has 0 saturated carbocycles. The maximum absolute atomic E-state index is 13.7. The van der Waals surface area contributed by atoms with Gasteiger partial charge in [0, 0.05) is 0 Å². The van der Waals surface area contributed by atoms with Crippen LogP contribution in [0.25, 0.3) is 0 Å². The van der Waals surface area contributed by atoms with E-state index in [0.29, 0.717) is 12.1 Å². The molecule has 3 nitrogen and oxygen atoms in total. The van der Waals surface area contributed by atoms with Gasteiger partial charge in [0.1, 0.15) is 16.8 Å². The molecule has 1 heterocycles. The first-order valence-electron chi connectivity index (χ1n) is 5.51. The van der Waals surface area contributed by atoms with Gasteiger partial charge >= 0.3 is 6.18 Å². The lowest BCUT2D eigenvalue weighted by atomic mass is 10.2. The Morgan fingerprint density at radius 2 is 1.90 bits per heavy atom. The number of rotatable bonds is 2. The van der Waals surface area contributed by atoms with Gasteiger partial charge in [-0.1, -0.05) is 11.6 Å². The quantitative estimate of drug-likeness (QED) is 0.655. The molecule has 1 aromatic carbocycles. The van der Waals surface area contributed by atoms with Crippen molar-refractivity contribution in [2.75, 3.05) is 5.32 Å². The molecule has 0 spiro atoms. The van der Waals surface area contributed by atoms with Crippen molar-refractivity contribution in [3.8, 4) is 6.07 Å². The van der Waals surface area contributed by atoms with Crippen LogP contribution in [0, 0.1) is 17.1 Å². The fourth-order valence-corrected chi connectivity index (χ4v) is 1.76. The summed E-state index contributed by atoms with van der Waals surface area (Å²) in [5.41, 5.74) is -1.02. The van der Waals surface area contributed by atoms with Crippen LogP contribution in [0.2, 0.25) is 5.15 Å². The predicted octanol–water partition coefficient (Wildman–Crippen LogP) is 4.51. The molecule has 0 bridgehead atoms. The number of hydrogen-bond donors (Lipinski definition) is 1. The Morgan fingerprint density at radius 1 is 1.19 bits per heavy atom. The smallest absolute Gasteiger partial charge is 0.338 e. The highest BCUT2D eigenvalue weighted by Crippen LogP contribution is 2.32. The molecule has 2 aromatic rings. The third-order valence-corrected chi connectivity index (χ3v) is 2.68. The molecule has 0 unspecified atom stereocenters. The second-order valence-electron chi connectivity index (χ2n) is 3.99. The summed E-state index contributed by atoms with van der Waals surface area (Å²) in [6.45, 7) is 0. The topological polar surface area (TPSA) is 48.7 Å². The molecule has 1 N–H and O–H groups in total. The van der Waals surface area contributed by atoms with Crippen LogP contribution < -0.4 is 5.32 Å². The highest BCUT2D eigenvalue weighted by Gasteiger charge is 2.31. The molecule has 8 heteroatoms. The molecule has 0 aliphatic rings. The van der Waals surface area contributed by atoms with Crippen LogP contribution >= 0.6 is 11.6 Å². The van der Waals surface area contributed by atoms with Gasteiger partial charge in [-0.25, -0.2) is 9.37 Å². The maximum atomic E-state index is 13.7. The predicted molar refractivity (Wildman–Crippen MR) is 68.6 cm³/mol. The Kier molecular flexibility index (Phi) is 4.00. The normalized spacial score (nSPS) is 11.0. The Labute approximate surface area is 121 Å². The van der Waals surface area contributed by atoms with Crippen LogP contribution in [0.4, 0.5) is 29.1 Å². The first-order chi connectivity index (χ1) is 9.79. The van der Waals surface area contributed by atoms with Crippen molar-refractivity contribution in [1.82, 2.24) is 4.98 Å². The van der Waals surface area contributed by atoms with E-state index in [9.17, 15) is 17.6 Å². The van der Waals surface area contributed by atoms with Gasteiger partial charge in [0.2, 0.25) is 0 Å². The largest absolute Gasteiger partial charge is 0.416 e. The van der Waals surface area contributed by atoms with Crippen LogP contribution in [0.3, 0.4) is 0 Å². The molecule has 108 valence electrons. The molecular formula is C13H6ClF4N3. The molecule has 0 aliphatic carbocycles. The Morgan fingerprint density at radius 3 is 2.48 bits per heavy atom. The van der Waals surface area contributed by atoms with Gasteiger partial charge in [0.05, 0.1) is 22.9 Å². The number of nitrogens with zero attached hydrogens (tertiary/aromatic N) is 2. The molecule has 21 heavy (non-hydrogen) atoms. The molecule has 0 amide bonds. The summed E-state index contributed by atoms with van der Waals surface area (Å²) in [6.07, 6.45) is -4.59. The van der Waals surface area contributed by atoms with Crippen LogP contribution in [-0.4, -0.2) is 4.98 Å². The average molecular weight is 316 g/mol. The molecule has 0 aliphatic heterocycles. The van der Waals surface area contributed by atoms with Gasteiger partial charge in [-0.3, -0.25) is 0 Å². The van der Waals surface area contributed by atoms with E-state index in [0.717, 1.165) is 6.07 Å². The SMILES string of the molecule is N#Cc1ccc(Nc2cc(C(F)(F)F)cc(Cl)n2)c(F)c1. The minimum atomic E-state index is -4.59. The van der Waals surface area contributed by atoms with Crippen molar-refractivity contribution >= 4 is 23.1 Å². The average Bonchev–Trinajstić information content (AvgIpc) is 2.39. The standard InChI is InChI=1S/C13H6ClF4N3/c14-11-4-8(13(16,17)18)5-12(21-11)20-10-2-1-7(6-19)3-9(10)15/h1-5H,(H,20,21). The Balaban J connectivity index is 2.36. The van der Waals surface area contributed by atoms with Gasteiger partial charge in [-0.15, -0.1) is 0 Å². The van der Waals surface area contributed by atoms with Crippen molar-refractivity contribution in [2.45, 2.75) is 6.18 Å². The fraction of sp³-hybridized carbons (Fsp3) is 0.0769. The zero-order valence-electron chi connectivity index (χ0n) is 10.2. The molecule has 0 atom stereocenters. The number of anilines is 2. The number of alkyl halides is 3. The summed E-state index contributed by atoms with van der Waals surface area (Å²) in [6, 6.07) is 6.63. The van der Waals surface area contributed by atoms with Gasteiger partial charge < -0.3 is 5.32 Å². The molecular weight excluding hydrogens is 310 g/mol. The van der Waals surface area contributed by atoms with E-state index in [1.807, 2.05) is 0 Å². The summed E-state index contributed by atoms with van der Waals surface area (Å²) in [4.78, 5) is 3.65. The van der Waals surface area contributed by atoms with E-state index in [-0.39, 0.29) is 22.2 Å². The van der Waals surface area contributed by atoms with E-state index in [2.05, 4.69) is 10.3 Å². The number of nitriles is 1. The lowest BCUT2D eigenvalue weighted by Gasteiger charge is -2.11. The third kappa shape index (κ3) is 3.61. The van der Waals surface area contributed by atoms with Gasteiger partial charge in [-0.2, -0.15) is 18.4 Å². The Hall–Kier alpha value is -2.33. The number of halogens is 5. The zero-order chi connectivity index (χ0) is 15.6. The number of hydrogen-bond acceptors (Lipinski definition) is 3. The van der Waals surface area contributed by atoms with E-state index >= 15 is 0 Å². The Bertz CT molecular complexity index is 722. The van der Waals surface area contributed by atoms with Gasteiger partial charge in [0.25, 0.3) is 0 Å². The number of aromatic nitrogens is 1. The molecule has 0 saturated heterocycles. The molecule has 0 radical (unpaired) electrons. The third-order valence-electron chi connectivity index (χ3n) is 2.48. The van der Waals surface area contributed by atoms with Crippen LogP contribution in [0.5, 0.6) is 0 Å². The second-order valence-corrected chi connectivity index (χ2v) is 4.38.